The van der Waals surface area contributed by atoms with Crippen LogP contribution in [0, 0.1) is 3.70 Å². The number of anilines is 1. The second kappa shape index (κ2) is 5.85. The van der Waals surface area contributed by atoms with E-state index in [4.69, 9.17) is 4.55 Å². The van der Waals surface area contributed by atoms with Gasteiger partial charge in [-0.2, -0.15) is 8.42 Å². The molecule has 2 rings (SSSR count). The Morgan fingerprint density at radius 2 is 1.80 bits per heavy atom. The smallest absolute Gasteiger partial charge is 0.294 e. The summed E-state index contributed by atoms with van der Waals surface area (Å²) in [4.78, 5) is 15.7. The first kappa shape index (κ1) is 14.9. The quantitative estimate of drug-likeness (QED) is 0.465. The van der Waals surface area contributed by atoms with E-state index >= 15 is 0 Å². The van der Waals surface area contributed by atoms with E-state index in [1.807, 2.05) is 22.6 Å². The molecule has 0 fully saturated rings. The van der Waals surface area contributed by atoms with Crippen LogP contribution in [-0.4, -0.2) is 23.9 Å². The van der Waals surface area contributed by atoms with Crippen LogP contribution < -0.4 is 5.32 Å². The highest BCUT2D eigenvalue weighted by molar-refractivity contribution is 14.1. The molecular weight excluding hydrogens is 395 g/mol. The Kier molecular flexibility index (Phi) is 4.35. The summed E-state index contributed by atoms with van der Waals surface area (Å²) in [5, 5.41) is 2.60. The molecular formula is C12H9IN2O4S. The minimum absolute atomic E-state index is 0.230. The number of benzene rings is 1. The SMILES string of the molecule is O=C(Nc1ccc(S(=O)(=O)O)cc1)c1ccc(I)nc1. The number of aromatic nitrogens is 1. The highest BCUT2D eigenvalue weighted by Gasteiger charge is 2.10. The summed E-state index contributed by atoms with van der Waals surface area (Å²) in [5.74, 6) is -0.353. The van der Waals surface area contributed by atoms with Gasteiger partial charge in [0.05, 0.1) is 10.5 Å². The lowest BCUT2D eigenvalue weighted by molar-refractivity contribution is 0.102. The Labute approximate surface area is 129 Å². The summed E-state index contributed by atoms with van der Waals surface area (Å²) in [6.07, 6.45) is 1.45. The Morgan fingerprint density at radius 3 is 2.30 bits per heavy atom. The molecule has 6 nitrogen and oxygen atoms in total. The average Bonchev–Trinajstić information content (AvgIpc) is 2.39. The molecule has 0 unspecified atom stereocenters. The van der Waals surface area contributed by atoms with Crippen LogP contribution in [-0.2, 0) is 10.1 Å². The lowest BCUT2D eigenvalue weighted by atomic mass is 10.2. The maximum Gasteiger partial charge on any atom is 0.294 e. The van der Waals surface area contributed by atoms with E-state index in [1.54, 1.807) is 12.1 Å². The van der Waals surface area contributed by atoms with Gasteiger partial charge in [-0.15, -0.1) is 0 Å². The van der Waals surface area contributed by atoms with Gasteiger partial charge in [0.15, 0.2) is 0 Å². The third kappa shape index (κ3) is 3.74. The van der Waals surface area contributed by atoms with Gasteiger partial charge in [-0.25, -0.2) is 4.98 Å². The topological polar surface area (TPSA) is 96.4 Å². The lowest BCUT2D eigenvalue weighted by Gasteiger charge is -2.05. The van der Waals surface area contributed by atoms with Crippen LogP contribution in [0.3, 0.4) is 0 Å². The Hall–Kier alpha value is -1.52. The molecule has 0 aliphatic carbocycles. The molecule has 8 heteroatoms. The zero-order chi connectivity index (χ0) is 14.8. The fourth-order valence-electron chi connectivity index (χ4n) is 1.42. The van der Waals surface area contributed by atoms with E-state index < -0.39 is 10.1 Å². The van der Waals surface area contributed by atoms with E-state index in [-0.39, 0.29) is 10.8 Å². The van der Waals surface area contributed by atoms with Crippen molar-refractivity contribution in [3.05, 3.63) is 51.9 Å². The molecule has 1 aromatic heterocycles. The monoisotopic (exact) mass is 404 g/mol. The highest BCUT2D eigenvalue weighted by Crippen LogP contribution is 2.14. The third-order valence-electron chi connectivity index (χ3n) is 2.40. The maximum absolute atomic E-state index is 11.9. The summed E-state index contributed by atoms with van der Waals surface area (Å²) >= 11 is 2.03. The average molecular weight is 404 g/mol. The van der Waals surface area contributed by atoms with Crippen molar-refractivity contribution in [3.63, 3.8) is 0 Å². The first-order chi connectivity index (χ1) is 9.36. The van der Waals surface area contributed by atoms with Gasteiger partial charge in [0.2, 0.25) is 0 Å². The van der Waals surface area contributed by atoms with Gasteiger partial charge in [-0.3, -0.25) is 9.35 Å². The summed E-state index contributed by atoms with van der Waals surface area (Å²) in [7, 11) is -4.23. The first-order valence-corrected chi connectivity index (χ1v) is 7.88. The fraction of sp³-hybridized carbons (Fsp3) is 0. The number of rotatable bonds is 3. The molecule has 0 aliphatic heterocycles. The van der Waals surface area contributed by atoms with Crippen LogP contribution in [0.15, 0.2) is 47.5 Å². The van der Waals surface area contributed by atoms with Crippen molar-refractivity contribution in [2.45, 2.75) is 4.90 Å². The number of amides is 1. The summed E-state index contributed by atoms with van der Waals surface area (Å²) in [6, 6.07) is 8.53. The number of nitrogens with zero attached hydrogens (tertiary/aromatic N) is 1. The molecule has 1 aromatic carbocycles. The zero-order valence-electron chi connectivity index (χ0n) is 9.95. The largest absolute Gasteiger partial charge is 0.322 e. The number of halogens is 1. The van der Waals surface area contributed by atoms with E-state index in [9.17, 15) is 13.2 Å². The Balaban J connectivity index is 2.14. The lowest BCUT2D eigenvalue weighted by Crippen LogP contribution is -2.12. The van der Waals surface area contributed by atoms with Gasteiger partial charge in [-0.1, -0.05) is 0 Å². The molecule has 0 radical (unpaired) electrons. The molecule has 0 aliphatic rings. The number of pyridine rings is 1. The fourth-order valence-corrected chi connectivity index (χ4v) is 2.22. The van der Waals surface area contributed by atoms with Crippen LogP contribution in [0.25, 0.3) is 0 Å². The molecule has 2 N–H and O–H groups in total. The molecule has 0 atom stereocenters. The summed E-state index contributed by atoms with van der Waals surface area (Å²) < 4.78 is 31.4. The van der Waals surface area contributed by atoms with Gasteiger partial charge < -0.3 is 5.32 Å². The van der Waals surface area contributed by atoms with Crippen LogP contribution in [0.4, 0.5) is 5.69 Å². The second-order valence-electron chi connectivity index (χ2n) is 3.82. The molecule has 104 valence electrons. The second-order valence-corrected chi connectivity index (χ2v) is 6.35. The van der Waals surface area contributed by atoms with E-state index in [1.165, 1.54) is 30.5 Å². The molecule has 0 bridgehead atoms. The van der Waals surface area contributed by atoms with Crippen LogP contribution >= 0.6 is 22.6 Å². The summed E-state index contributed by atoms with van der Waals surface area (Å²) in [6.45, 7) is 0. The predicted octanol–water partition coefficient (Wildman–Crippen LogP) is 2.19. The van der Waals surface area contributed by atoms with Gasteiger partial charge in [0.1, 0.15) is 3.70 Å². The van der Waals surface area contributed by atoms with Crippen molar-refractivity contribution < 1.29 is 17.8 Å². The minimum Gasteiger partial charge on any atom is -0.322 e. The van der Waals surface area contributed by atoms with Gasteiger partial charge in [0.25, 0.3) is 16.0 Å². The van der Waals surface area contributed by atoms with Crippen molar-refractivity contribution in [1.82, 2.24) is 4.98 Å². The van der Waals surface area contributed by atoms with Gasteiger partial charge >= 0.3 is 0 Å². The van der Waals surface area contributed by atoms with E-state index in [2.05, 4.69) is 10.3 Å². The number of hydrogen-bond donors (Lipinski definition) is 2. The number of carbonyl (C=O) groups is 1. The van der Waals surface area contributed by atoms with Crippen molar-refractivity contribution >= 4 is 44.3 Å². The van der Waals surface area contributed by atoms with Gasteiger partial charge in [-0.05, 0) is 59.0 Å². The van der Waals surface area contributed by atoms with Crippen LogP contribution in [0.1, 0.15) is 10.4 Å². The number of nitrogens with one attached hydrogen (secondary N) is 1. The van der Waals surface area contributed by atoms with Crippen molar-refractivity contribution in [3.8, 4) is 0 Å². The number of carbonyl (C=O) groups excluding carboxylic acids is 1. The normalized spacial score (nSPS) is 11.1. The molecule has 1 amide bonds. The van der Waals surface area contributed by atoms with Crippen molar-refractivity contribution in [2.24, 2.45) is 0 Å². The van der Waals surface area contributed by atoms with Crippen LogP contribution in [0.5, 0.6) is 0 Å². The first-order valence-electron chi connectivity index (χ1n) is 5.37. The van der Waals surface area contributed by atoms with E-state index in [0.29, 0.717) is 11.3 Å². The van der Waals surface area contributed by atoms with Crippen molar-refractivity contribution in [2.75, 3.05) is 5.32 Å². The zero-order valence-corrected chi connectivity index (χ0v) is 12.9. The van der Waals surface area contributed by atoms with E-state index in [0.717, 1.165) is 3.70 Å². The standard InChI is InChI=1S/C12H9IN2O4S/c13-11-6-1-8(7-14-11)12(16)15-9-2-4-10(5-3-9)20(17,18)19/h1-7H,(H,15,16)(H,17,18,19). The van der Waals surface area contributed by atoms with Crippen LogP contribution in [0.2, 0.25) is 0 Å². The summed E-state index contributed by atoms with van der Waals surface area (Å²) in [5.41, 5.74) is 0.810. The molecule has 0 saturated carbocycles. The number of hydrogen-bond acceptors (Lipinski definition) is 4. The molecule has 1 heterocycles. The molecule has 0 spiro atoms. The highest BCUT2D eigenvalue weighted by atomic mass is 127. The third-order valence-corrected chi connectivity index (χ3v) is 3.91. The maximum atomic E-state index is 11.9. The Morgan fingerprint density at radius 1 is 1.15 bits per heavy atom. The predicted molar refractivity (Wildman–Crippen MR) is 81.2 cm³/mol. The van der Waals surface area contributed by atoms with Gasteiger partial charge in [0, 0.05) is 11.9 Å². The molecule has 20 heavy (non-hydrogen) atoms. The Bertz CT molecular complexity index is 727. The minimum atomic E-state index is -4.23. The molecule has 2 aromatic rings. The molecule has 0 saturated heterocycles. The van der Waals surface area contributed by atoms with Crippen molar-refractivity contribution in [1.29, 1.82) is 0 Å².